The van der Waals surface area contributed by atoms with Crippen LogP contribution in [0.25, 0.3) is 10.4 Å². The third-order valence-electron chi connectivity index (χ3n) is 3.68. The van der Waals surface area contributed by atoms with E-state index in [9.17, 15) is 4.79 Å². The predicted molar refractivity (Wildman–Crippen MR) is 117 cm³/mol. The van der Waals surface area contributed by atoms with Gasteiger partial charge >= 0.3 is 6.16 Å². The van der Waals surface area contributed by atoms with E-state index >= 15 is 0 Å². The van der Waals surface area contributed by atoms with Gasteiger partial charge in [0.1, 0.15) is 20.2 Å². The second-order valence-corrected chi connectivity index (χ2v) is 7.65. The molecule has 0 fully saturated rings. The van der Waals surface area contributed by atoms with Crippen molar-refractivity contribution < 1.29 is 23.2 Å². The maximum Gasteiger partial charge on any atom is 0.508 e. The van der Waals surface area contributed by atoms with Gasteiger partial charge in [0.2, 0.25) is 0 Å². The van der Waals surface area contributed by atoms with E-state index in [1.54, 1.807) is 0 Å². The van der Waals surface area contributed by atoms with Gasteiger partial charge in [-0.1, -0.05) is 58.0 Å². The first-order valence-electron chi connectivity index (χ1n) is 10.4. The lowest BCUT2D eigenvalue weighted by Crippen LogP contribution is -2.23. The number of nitrogens with zero attached hydrogens (tertiary/aromatic N) is 3. The Labute approximate surface area is 177 Å². The monoisotopic (exact) mass is 435 g/mol. The zero-order valence-electron chi connectivity index (χ0n) is 18.5. The highest BCUT2D eigenvalue weighted by molar-refractivity contribution is 8.53. The zero-order chi connectivity index (χ0) is 22.5. The molecule has 0 rings (SSSR count). The Morgan fingerprint density at radius 2 is 2.29 bits per heavy atom. The number of hydrogen-bond donors (Lipinski definition) is 0. The van der Waals surface area contributed by atoms with E-state index in [0.717, 1.165) is 44.9 Å². The average Bonchev–Trinajstić information content (AvgIpc) is 2.74. The minimum atomic E-state index is -1.42. The molecule has 8 nitrogen and oxygen atoms in total. The summed E-state index contributed by atoms with van der Waals surface area (Å²) in [6.07, 6.45) is 7.23. The molecule has 0 spiro atoms. The van der Waals surface area contributed by atoms with E-state index in [-0.39, 0.29) is 25.9 Å². The van der Waals surface area contributed by atoms with Crippen LogP contribution in [0.4, 0.5) is 4.79 Å². The quantitative estimate of drug-likeness (QED) is 0.0299. The molecule has 0 amide bonds. The summed E-state index contributed by atoms with van der Waals surface area (Å²) in [6, 6.07) is -0.539. The fourth-order valence-electron chi connectivity index (χ4n) is 2.30. The Balaban J connectivity index is 4.33. The molecule has 0 saturated carbocycles. The molecule has 0 aromatic rings. The fraction of sp³-hybridized carbons (Fsp3) is 0.824. The molecule has 0 bridgehead atoms. The summed E-state index contributed by atoms with van der Waals surface area (Å²) < 4.78 is 35.5. The van der Waals surface area contributed by atoms with E-state index in [1.807, 2.05) is 0 Å². The molecule has 159 valence electrons. The van der Waals surface area contributed by atoms with Gasteiger partial charge in [0.15, 0.2) is 0 Å². The highest BCUT2D eigenvalue weighted by Crippen LogP contribution is 2.24. The molecular formula is C17H32BN3O5PS. The van der Waals surface area contributed by atoms with Crippen molar-refractivity contribution in [2.24, 2.45) is 5.11 Å². The first-order valence-corrected chi connectivity index (χ1v) is 11.7. The molecule has 28 heavy (non-hydrogen) atoms. The molecule has 0 N–H and O–H groups in total. The van der Waals surface area contributed by atoms with E-state index < -0.39 is 19.8 Å². The summed E-state index contributed by atoms with van der Waals surface area (Å²) in [5.74, 6) is 0. The van der Waals surface area contributed by atoms with Gasteiger partial charge in [-0.05, 0) is 19.7 Å². The van der Waals surface area contributed by atoms with Crippen LogP contribution in [0.2, 0.25) is 0 Å². The maximum atomic E-state index is 11.7. The van der Waals surface area contributed by atoms with Gasteiger partial charge in [0.25, 0.3) is 0 Å². The van der Waals surface area contributed by atoms with Crippen molar-refractivity contribution in [2.45, 2.75) is 64.0 Å². The molecule has 0 aliphatic heterocycles. The van der Waals surface area contributed by atoms with Crippen molar-refractivity contribution in [1.29, 1.82) is 2.61 Å². The zero-order valence-corrected chi connectivity index (χ0v) is 18.2. The maximum absolute atomic E-state index is 11.7. The molecule has 2 unspecified atom stereocenters. The Hall–Kier alpha value is -0.915. The third kappa shape index (κ3) is 17.2. The molecule has 1 radical (unpaired) electrons. The van der Waals surface area contributed by atoms with Crippen LogP contribution in [0, 0.1) is 0 Å². The minimum absolute atomic E-state index is 0.0888. The molecule has 11 heteroatoms. The van der Waals surface area contributed by atoms with Crippen molar-refractivity contribution >= 4 is 33.0 Å². The summed E-state index contributed by atoms with van der Waals surface area (Å²) >= 11 is 0.874. The van der Waals surface area contributed by atoms with Crippen LogP contribution in [-0.2, 0) is 18.4 Å². The van der Waals surface area contributed by atoms with Crippen LogP contribution < -0.4 is 0 Å². The summed E-state index contributed by atoms with van der Waals surface area (Å²) in [5.41, 5.74) is 8.66. The van der Waals surface area contributed by atoms with E-state index in [4.69, 9.17) is 26.5 Å². The lowest BCUT2D eigenvalue weighted by Gasteiger charge is -2.18. The van der Waals surface area contributed by atoms with Crippen molar-refractivity contribution in [3.8, 4) is 0 Å². The van der Waals surface area contributed by atoms with Crippen LogP contribution in [0.3, 0.4) is 0 Å². The third-order valence-corrected chi connectivity index (χ3v) is 4.58. The molecule has 0 heterocycles. The van der Waals surface area contributed by atoms with Crippen LogP contribution in [0.5, 0.6) is 0 Å². The molecule has 3 atom stereocenters. The van der Waals surface area contributed by atoms with Crippen LogP contribution in [-0.4, -0.2) is 54.9 Å². The highest BCUT2D eigenvalue weighted by Gasteiger charge is 2.16. The Kier molecular flexibility index (Phi) is 17.4. The summed E-state index contributed by atoms with van der Waals surface area (Å²) in [5, 5.41) is 3.62. The Bertz CT molecular complexity index is 510. The van der Waals surface area contributed by atoms with Crippen LogP contribution in [0.15, 0.2) is 17.8 Å². The number of unbranched alkanes of at least 4 members (excludes halogenated alkanes) is 4. The summed E-state index contributed by atoms with van der Waals surface area (Å²) in [7, 11) is -0.421. The van der Waals surface area contributed by atoms with Gasteiger partial charge in [-0.15, -0.1) is 0 Å². The van der Waals surface area contributed by atoms with E-state index in [0.29, 0.717) is 13.0 Å². The number of azide groups is 1. The molecule has 0 aromatic carbocycles. The molecule has 0 aromatic heterocycles. The fourth-order valence-corrected chi connectivity index (χ4v) is 2.94. The topological polar surface area (TPSA) is 103 Å². The number of ether oxygens (including phenoxy) is 3. The van der Waals surface area contributed by atoms with Gasteiger partial charge in [-0.25, -0.2) is 4.79 Å². The lowest BCUT2D eigenvalue weighted by molar-refractivity contribution is 0.00783. The molecular weight excluding hydrogens is 400 g/mol. The van der Waals surface area contributed by atoms with Crippen molar-refractivity contribution in [3.63, 3.8) is 0 Å². The van der Waals surface area contributed by atoms with E-state index in [1.165, 1.54) is 18.9 Å². The number of rotatable bonds is 20. The normalized spacial score (nSPS) is 14.6. The van der Waals surface area contributed by atoms with Crippen molar-refractivity contribution in [2.75, 3.05) is 26.4 Å². The number of hydrogen-bond acceptors (Lipinski definition) is 7. The van der Waals surface area contributed by atoms with Gasteiger partial charge < -0.3 is 18.4 Å². The SMILES string of the molecule is [2H]P([B][3H])SOCC(COCC[C@@H](CCCCCCC)OC(=O)OCC=C)N=[N+]=[N-]. The van der Waals surface area contributed by atoms with Gasteiger partial charge in [0, 0.05) is 23.0 Å². The predicted octanol–water partition coefficient (Wildman–Crippen LogP) is 5.21. The van der Waals surface area contributed by atoms with Crippen molar-refractivity contribution in [1.82, 2.24) is 0 Å². The number of carbonyl (C=O) groups excluding carboxylic acids is 1. The molecule has 0 aliphatic carbocycles. The Morgan fingerprint density at radius 3 is 3.00 bits per heavy atom. The molecule has 0 saturated heterocycles. The lowest BCUT2D eigenvalue weighted by atomic mass is 10.1. The van der Waals surface area contributed by atoms with Crippen LogP contribution >= 0.6 is 19.3 Å². The van der Waals surface area contributed by atoms with Crippen LogP contribution in [0.1, 0.15) is 51.9 Å². The summed E-state index contributed by atoms with van der Waals surface area (Å²) in [4.78, 5) is 14.5. The standard InChI is InChI=1S/C17H32BN3O5PS/c1-3-5-6-7-8-9-16(26-17(22)24-11-4-2)10-12-23-13-15(20-21-19)14-25-28-27-18/h4,15-16,18,27H,2-3,5-14H2,1H3/t15?,16-,27?/m1/s1/i18T,27D. The van der Waals surface area contributed by atoms with Gasteiger partial charge in [0.05, 0.1) is 27.1 Å². The largest absolute Gasteiger partial charge is 0.508 e. The minimum Gasteiger partial charge on any atom is -0.431 e. The van der Waals surface area contributed by atoms with Gasteiger partial charge in [-0.3, -0.25) is 0 Å². The second-order valence-electron chi connectivity index (χ2n) is 5.98. The first kappa shape index (κ1) is 23.4. The van der Waals surface area contributed by atoms with Gasteiger partial charge in [-0.2, -0.15) is 0 Å². The number of carbonyl (C=O) groups is 1. The highest BCUT2D eigenvalue weighted by atomic mass is 32.7. The van der Waals surface area contributed by atoms with E-state index in [2.05, 4.69) is 23.5 Å². The molecule has 0 aliphatic rings. The average molecular weight is 435 g/mol. The summed E-state index contributed by atoms with van der Waals surface area (Å²) in [6.45, 7) is 6.32. The smallest absolute Gasteiger partial charge is 0.431 e. The first-order chi connectivity index (χ1) is 14.6. The Morgan fingerprint density at radius 1 is 1.46 bits per heavy atom. The van der Waals surface area contributed by atoms with Crippen molar-refractivity contribution in [3.05, 3.63) is 23.1 Å². The second kappa shape index (κ2) is 20.8.